The molecule has 0 aliphatic carbocycles. The van der Waals surface area contributed by atoms with Gasteiger partial charge in [0.15, 0.2) is 0 Å². The molecule has 1 N–H and O–H groups in total. The molecule has 28 heavy (non-hydrogen) atoms. The summed E-state index contributed by atoms with van der Waals surface area (Å²) in [7, 11) is -3.53. The van der Waals surface area contributed by atoms with Gasteiger partial charge >= 0.3 is 0 Å². The Balaban J connectivity index is 1.56. The van der Waals surface area contributed by atoms with Gasteiger partial charge in [0.25, 0.3) is 5.91 Å². The molecule has 2 aromatic rings. The van der Waals surface area contributed by atoms with E-state index in [-0.39, 0.29) is 11.8 Å². The van der Waals surface area contributed by atoms with Crippen LogP contribution in [0.15, 0.2) is 35.2 Å². The lowest BCUT2D eigenvalue weighted by Gasteiger charge is -2.31. The first-order valence-corrected chi connectivity index (χ1v) is 11.4. The molecule has 0 radical (unpaired) electrons. The molecular weight excluding hydrogens is 376 g/mol. The number of carbonyl (C=O) groups is 1. The van der Waals surface area contributed by atoms with Gasteiger partial charge < -0.3 is 5.32 Å². The van der Waals surface area contributed by atoms with Crippen LogP contribution in [-0.2, 0) is 23.0 Å². The molecule has 0 bridgehead atoms. The lowest BCUT2D eigenvalue weighted by molar-refractivity contribution is 0.0950. The van der Waals surface area contributed by atoms with Gasteiger partial charge in [0.1, 0.15) is 5.69 Å². The summed E-state index contributed by atoms with van der Waals surface area (Å²) >= 11 is 0. The summed E-state index contributed by atoms with van der Waals surface area (Å²) in [6.45, 7) is 4.32. The second-order valence-corrected chi connectivity index (χ2v) is 9.42. The van der Waals surface area contributed by atoms with E-state index in [1.54, 1.807) is 21.1 Å². The molecule has 7 nitrogen and oxygen atoms in total. The number of piperidine rings is 1. The van der Waals surface area contributed by atoms with Gasteiger partial charge in [-0.3, -0.25) is 9.48 Å². The van der Waals surface area contributed by atoms with Gasteiger partial charge in [-0.2, -0.15) is 9.40 Å². The number of benzene rings is 1. The fourth-order valence-electron chi connectivity index (χ4n) is 3.96. The molecular formula is C20H26N4O3S. The molecule has 1 fully saturated rings. The van der Waals surface area contributed by atoms with Crippen molar-refractivity contribution in [1.82, 2.24) is 19.4 Å². The van der Waals surface area contributed by atoms with E-state index < -0.39 is 10.0 Å². The van der Waals surface area contributed by atoms with E-state index in [0.717, 1.165) is 36.9 Å². The quantitative estimate of drug-likeness (QED) is 0.849. The van der Waals surface area contributed by atoms with Crippen molar-refractivity contribution in [2.45, 2.75) is 50.0 Å². The third-order valence-electron chi connectivity index (χ3n) is 5.64. The second-order valence-electron chi connectivity index (χ2n) is 7.49. The van der Waals surface area contributed by atoms with Gasteiger partial charge in [0.05, 0.1) is 10.6 Å². The van der Waals surface area contributed by atoms with Crippen molar-refractivity contribution < 1.29 is 13.2 Å². The highest BCUT2D eigenvalue weighted by atomic mass is 32.2. The number of sulfonamides is 1. The zero-order valence-electron chi connectivity index (χ0n) is 16.1. The Morgan fingerprint density at radius 1 is 1.18 bits per heavy atom. The minimum Gasteiger partial charge on any atom is -0.351 e. The molecule has 4 rings (SSSR count). The molecule has 150 valence electrons. The Hall–Kier alpha value is -2.19. The topological polar surface area (TPSA) is 84.3 Å². The Morgan fingerprint density at radius 2 is 1.96 bits per heavy atom. The monoisotopic (exact) mass is 402 g/mol. The molecule has 3 heterocycles. The third-order valence-corrected chi connectivity index (χ3v) is 7.51. The molecule has 8 heteroatoms. The molecule has 1 unspecified atom stereocenters. The van der Waals surface area contributed by atoms with Crippen LogP contribution in [-0.4, -0.2) is 48.0 Å². The normalized spacial score (nSPS) is 21.0. The Kier molecular flexibility index (Phi) is 5.25. The molecule has 2 aliphatic rings. The average molecular weight is 403 g/mol. The first-order chi connectivity index (χ1) is 13.5. The number of fused-ring (bicyclic) bond motifs is 1. The Labute approximate surface area is 165 Å². The largest absolute Gasteiger partial charge is 0.351 e. The smallest absolute Gasteiger partial charge is 0.269 e. The van der Waals surface area contributed by atoms with Crippen molar-refractivity contribution in [1.29, 1.82) is 0 Å². The van der Waals surface area contributed by atoms with Gasteiger partial charge in [-0.15, -0.1) is 0 Å². The van der Waals surface area contributed by atoms with E-state index in [2.05, 4.69) is 10.4 Å². The lowest BCUT2D eigenvalue weighted by Crippen LogP contribution is -2.39. The number of amides is 1. The molecule has 2 aliphatic heterocycles. The SMILES string of the molecule is CCc1ccc(S(=O)(=O)N2CCCC(c3cc4n(n3)CCCNC4=O)C2)cc1. The zero-order valence-corrected chi connectivity index (χ0v) is 16.9. The fourth-order valence-corrected chi connectivity index (χ4v) is 5.48. The van der Waals surface area contributed by atoms with Crippen LogP contribution in [0.4, 0.5) is 0 Å². The molecule has 0 saturated carbocycles. The van der Waals surface area contributed by atoms with Gasteiger partial charge in [-0.25, -0.2) is 8.42 Å². The maximum absolute atomic E-state index is 13.1. The number of nitrogens with one attached hydrogen (secondary N) is 1. The molecule has 0 spiro atoms. The van der Waals surface area contributed by atoms with E-state index in [4.69, 9.17) is 0 Å². The summed E-state index contributed by atoms with van der Waals surface area (Å²) in [4.78, 5) is 12.5. The maximum atomic E-state index is 13.1. The van der Waals surface area contributed by atoms with Crippen molar-refractivity contribution in [3.8, 4) is 0 Å². The summed E-state index contributed by atoms with van der Waals surface area (Å²) in [5, 5.41) is 7.51. The Bertz CT molecular complexity index is 966. The van der Waals surface area contributed by atoms with Crippen molar-refractivity contribution in [3.05, 3.63) is 47.3 Å². The first-order valence-electron chi connectivity index (χ1n) is 9.94. The van der Waals surface area contributed by atoms with E-state index in [0.29, 0.717) is 36.8 Å². The zero-order chi connectivity index (χ0) is 19.7. The van der Waals surface area contributed by atoms with E-state index in [9.17, 15) is 13.2 Å². The van der Waals surface area contributed by atoms with Crippen molar-refractivity contribution in [2.24, 2.45) is 0 Å². The minimum absolute atomic E-state index is 0.00525. The number of hydrogen-bond acceptors (Lipinski definition) is 4. The predicted octanol–water partition coefficient (Wildman–Crippen LogP) is 2.15. The predicted molar refractivity (Wildman–Crippen MR) is 106 cm³/mol. The molecule has 1 saturated heterocycles. The maximum Gasteiger partial charge on any atom is 0.269 e. The lowest BCUT2D eigenvalue weighted by atomic mass is 9.96. The molecule has 1 atom stereocenters. The third kappa shape index (κ3) is 3.58. The highest BCUT2D eigenvalue weighted by Gasteiger charge is 2.33. The Morgan fingerprint density at radius 3 is 2.71 bits per heavy atom. The highest BCUT2D eigenvalue weighted by Crippen LogP contribution is 2.30. The van der Waals surface area contributed by atoms with Crippen LogP contribution in [0.2, 0.25) is 0 Å². The van der Waals surface area contributed by atoms with Gasteiger partial charge in [0.2, 0.25) is 10.0 Å². The van der Waals surface area contributed by atoms with Crippen LogP contribution in [0.3, 0.4) is 0 Å². The van der Waals surface area contributed by atoms with Crippen molar-refractivity contribution in [3.63, 3.8) is 0 Å². The van der Waals surface area contributed by atoms with Crippen LogP contribution in [0.5, 0.6) is 0 Å². The molecule has 1 aromatic carbocycles. The van der Waals surface area contributed by atoms with E-state index >= 15 is 0 Å². The minimum atomic E-state index is -3.53. The second kappa shape index (κ2) is 7.67. The summed E-state index contributed by atoms with van der Waals surface area (Å²) in [6, 6.07) is 8.97. The highest BCUT2D eigenvalue weighted by molar-refractivity contribution is 7.89. The first kappa shape index (κ1) is 19.1. The van der Waals surface area contributed by atoms with Crippen LogP contribution in [0.1, 0.15) is 53.8 Å². The summed E-state index contributed by atoms with van der Waals surface area (Å²) in [5.41, 5.74) is 2.50. The number of carbonyl (C=O) groups excluding carboxylic acids is 1. The number of hydrogen-bond donors (Lipinski definition) is 1. The number of aryl methyl sites for hydroxylation is 2. The fraction of sp³-hybridized carbons (Fsp3) is 0.500. The average Bonchev–Trinajstić information content (AvgIpc) is 3.08. The van der Waals surface area contributed by atoms with Crippen LogP contribution in [0.25, 0.3) is 0 Å². The van der Waals surface area contributed by atoms with Crippen LogP contribution >= 0.6 is 0 Å². The van der Waals surface area contributed by atoms with E-state index in [1.165, 1.54) is 0 Å². The molecule has 1 aromatic heterocycles. The van der Waals surface area contributed by atoms with Gasteiger partial charge in [-0.1, -0.05) is 19.1 Å². The van der Waals surface area contributed by atoms with Gasteiger partial charge in [0, 0.05) is 32.1 Å². The van der Waals surface area contributed by atoms with Crippen molar-refractivity contribution >= 4 is 15.9 Å². The number of aromatic nitrogens is 2. The van der Waals surface area contributed by atoms with Crippen LogP contribution < -0.4 is 5.32 Å². The molecule has 1 amide bonds. The van der Waals surface area contributed by atoms with Crippen molar-refractivity contribution in [2.75, 3.05) is 19.6 Å². The summed E-state index contributed by atoms with van der Waals surface area (Å²) < 4.78 is 29.5. The standard InChI is InChI=1S/C20H26N4O3S/c1-2-15-6-8-17(9-7-15)28(26,27)23-11-3-5-16(14-23)18-13-19-20(25)21-10-4-12-24(19)22-18/h6-9,13,16H,2-5,10-12,14H2,1H3,(H,21,25). The summed E-state index contributed by atoms with van der Waals surface area (Å²) in [6.07, 6.45) is 3.38. The summed E-state index contributed by atoms with van der Waals surface area (Å²) in [5.74, 6) is -0.0989. The van der Waals surface area contributed by atoms with Gasteiger partial charge in [-0.05, 0) is 49.4 Å². The van der Waals surface area contributed by atoms with Crippen LogP contribution in [0, 0.1) is 0 Å². The number of rotatable bonds is 4. The number of nitrogens with zero attached hydrogens (tertiary/aromatic N) is 3. The van der Waals surface area contributed by atoms with E-state index in [1.807, 2.05) is 25.1 Å².